The molecular weight excluding hydrogens is 384 g/mol. The fourth-order valence-corrected chi connectivity index (χ4v) is 3.92. The van der Waals surface area contributed by atoms with Crippen molar-refractivity contribution in [2.75, 3.05) is 39.8 Å². The molecule has 2 aromatic carbocycles. The largest absolute Gasteiger partial charge is 0.492 e. The van der Waals surface area contributed by atoms with Crippen LogP contribution in [0.2, 0.25) is 0 Å². The smallest absolute Gasteiger partial charge is 0.421 e. The number of piperazine rings is 1. The maximum absolute atomic E-state index is 11.7. The van der Waals surface area contributed by atoms with Crippen molar-refractivity contribution < 1.29 is 23.8 Å². The molecule has 2 saturated heterocycles. The average molecular weight is 410 g/mol. The Balaban J connectivity index is 1.44. The van der Waals surface area contributed by atoms with Gasteiger partial charge in [-0.05, 0) is 31.2 Å². The average Bonchev–Trinajstić information content (AvgIpc) is 2.99. The molecule has 0 aliphatic carbocycles. The zero-order chi connectivity index (χ0) is 21.1. The highest BCUT2D eigenvalue weighted by atomic mass is 16.8. The van der Waals surface area contributed by atoms with Crippen molar-refractivity contribution in [2.45, 2.75) is 19.3 Å². The van der Waals surface area contributed by atoms with Gasteiger partial charge in [0.25, 0.3) is 0 Å². The summed E-state index contributed by atoms with van der Waals surface area (Å²) in [6.07, 6.45) is 0.783. The van der Waals surface area contributed by atoms with Crippen LogP contribution in [0.3, 0.4) is 0 Å². The Labute approximate surface area is 176 Å². The lowest BCUT2D eigenvalue weighted by atomic mass is 10.0. The van der Waals surface area contributed by atoms with Gasteiger partial charge in [-0.2, -0.15) is 0 Å². The zero-order valence-electron chi connectivity index (χ0n) is 17.3. The van der Waals surface area contributed by atoms with Crippen LogP contribution in [0, 0.1) is 6.92 Å². The molecule has 7 nitrogen and oxygen atoms in total. The molecule has 2 aliphatic rings. The van der Waals surface area contributed by atoms with Crippen LogP contribution in [0.25, 0.3) is 0 Å². The van der Waals surface area contributed by atoms with E-state index in [1.54, 1.807) is 0 Å². The van der Waals surface area contributed by atoms with Crippen LogP contribution >= 0.6 is 0 Å². The molecule has 2 aliphatic heterocycles. The summed E-state index contributed by atoms with van der Waals surface area (Å²) >= 11 is 0. The van der Waals surface area contributed by atoms with Gasteiger partial charge >= 0.3 is 17.8 Å². The summed E-state index contributed by atoms with van der Waals surface area (Å²) in [6, 6.07) is 16.4. The maximum Gasteiger partial charge on any atom is 0.421 e. The molecule has 1 spiro atoms. The minimum Gasteiger partial charge on any atom is -0.492 e. The predicted octanol–water partition coefficient (Wildman–Crippen LogP) is 1.97. The molecule has 4 rings (SSSR count). The van der Waals surface area contributed by atoms with E-state index >= 15 is 0 Å². The first-order chi connectivity index (χ1) is 14.4. The second-order valence-corrected chi connectivity index (χ2v) is 7.84. The number of esters is 2. The quantitative estimate of drug-likeness (QED) is 0.533. The summed E-state index contributed by atoms with van der Waals surface area (Å²) in [4.78, 5) is 27.2. The monoisotopic (exact) mass is 410 g/mol. The fourth-order valence-electron chi connectivity index (χ4n) is 3.92. The number of nitrogens with zero attached hydrogens (tertiary/aromatic N) is 2. The van der Waals surface area contributed by atoms with Gasteiger partial charge in [0.05, 0.1) is 6.54 Å². The summed E-state index contributed by atoms with van der Waals surface area (Å²) in [5, 5.41) is 0. The molecule has 0 N–H and O–H groups in total. The number of carbonyl (C=O) groups is 2. The third kappa shape index (κ3) is 4.32. The number of likely N-dealkylation sites (N-methyl/N-ethyl adjacent to an activating group) is 1. The standard InChI is InChI=1S/C23H26N2O5/c1-17-8-9-20(19(14-17)15-18-6-4-3-5-7-18)28-13-12-25-11-10-24(2)16-23(25)29-21(26)22(27)30-23/h3-9,14H,10-13,15-16H2,1-2H3. The van der Waals surface area contributed by atoms with Gasteiger partial charge in [0.15, 0.2) is 0 Å². The maximum atomic E-state index is 11.7. The molecule has 7 heteroatoms. The molecular formula is C23H26N2O5. The molecule has 30 heavy (non-hydrogen) atoms. The second-order valence-electron chi connectivity index (χ2n) is 7.84. The Kier molecular flexibility index (Phi) is 5.74. The molecule has 0 atom stereocenters. The van der Waals surface area contributed by atoms with Crippen LogP contribution < -0.4 is 4.74 Å². The van der Waals surface area contributed by atoms with Crippen molar-refractivity contribution in [1.82, 2.24) is 9.80 Å². The van der Waals surface area contributed by atoms with E-state index in [0.29, 0.717) is 26.2 Å². The third-order valence-corrected chi connectivity index (χ3v) is 5.45. The van der Waals surface area contributed by atoms with Crippen molar-refractivity contribution in [3.63, 3.8) is 0 Å². The molecule has 0 amide bonds. The lowest BCUT2D eigenvalue weighted by Gasteiger charge is -2.43. The summed E-state index contributed by atoms with van der Waals surface area (Å²) < 4.78 is 16.8. The van der Waals surface area contributed by atoms with Crippen LogP contribution in [0.4, 0.5) is 0 Å². The molecule has 2 heterocycles. The number of ether oxygens (including phenoxy) is 3. The molecule has 2 fully saturated rings. The van der Waals surface area contributed by atoms with Gasteiger partial charge in [-0.15, -0.1) is 0 Å². The molecule has 2 aromatic rings. The van der Waals surface area contributed by atoms with E-state index in [0.717, 1.165) is 24.3 Å². The van der Waals surface area contributed by atoms with Crippen LogP contribution in [-0.4, -0.2) is 67.5 Å². The van der Waals surface area contributed by atoms with Gasteiger partial charge in [-0.1, -0.05) is 48.0 Å². The predicted molar refractivity (Wildman–Crippen MR) is 110 cm³/mol. The summed E-state index contributed by atoms with van der Waals surface area (Å²) in [5.41, 5.74) is 3.51. The Bertz CT molecular complexity index is 914. The number of rotatable bonds is 6. The van der Waals surface area contributed by atoms with Crippen molar-refractivity contribution in [2.24, 2.45) is 0 Å². The van der Waals surface area contributed by atoms with Crippen molar-refractivity contribution >= 4 is 11.9 Å². The van der Waals surface area contributed by atoms with E-state index in [-0.39, 0.29) is 0 Å². The van der Waals surface area contributed by atoms with Crippen molar-refractivity contribution in [1.29, 1.82) is 0 Å². The summed E-state index contributed by atoms with van der Waals surface area (Å²) in [6.45, 7) is 4.60. The highest BCUT2D eigenvalue weighted by molar-refractivity contribution is 6.31. The van der Waals surface area contributed by atoms with Crippen molar-refractivity contribution in [3.8, 4) is 5.75 Å². The molecule has 0 radical (unpaired) electrons. The van der Waals surface area contributed by atoms with Gasteiger partial charge in [0.1, 0.15) is 12.4 Å². The van der Waals surface area contributed by atoms with Crippen LogP contribution in [-0.2, 0) is 25.5 Å². The normalized spacial score (nSPS) is 19.0. The van der Waals surface area contributed by atoms with Crippen LogP contribution in [0.1, 0.15) is 16.7 Å². The number of hydrogen-bond acceptors (Lipinski definition) is 7. The van der Waals surface area contributed by atoms with E-state index in [1.165, 1.54) is 11.1 Å². The zero-order valence-corrected chi connectivity index (χ0v) is 17.3. The summed E-state index contributed by atoms with van der Waals surface area (Å²) in [5.74, 6) is -2.42. The molecule has 0 bridgehead atoms. The fraction of sp³-hybridized carbons (Fsp3) is 0.391. The van der Waals surface area contributed by atoms with Gasteiger partial charge in [-0.3, -0.25) is 4.90 Å². The van der Waals surface area contributed by atoms with Crippen LogP contribution in [0.15, 0.2) is 48.5 Å². The molecule has 0 unspecified atom stereocenters. The van der Waals surface area contributed by atoms with Gasteiger partial charge in [0.2, 0.25) is 0 Å². The molecule has 0 aromatic heterocycles. The number of benzene rings is 2. The van der Waals surface area contributed by atoms with E-state index in [1.807, 2.05) is 47.2 Å². The van der Waals surface area contributed by atoms with E-state index < -0.39 is 17.8 Å². The molecule has 158 valence electrons. The first kappa shape index (κ1) is 20.4. The Morgan fingerprint density at radius 3 is 2.50 bits per heavy atom. The minimum atomic E-state index is -1.36. The SMILES string of the molecule is Cc1ccc(OCCN2CCN(C)CC23OC(=O)C(=O)O3)c(Cc2ccccc2)c1. The highest BCUT2D eigenvalue weighted by Gasteiger charge is 2.55. The molecule has 0 saturated carbocycles. The minimum absolute atomic E-state index is 0.314. The van der Waals surface area contributed by atoms with Gasteiger partial charge in [-0.25, -0.2) is 14.5 Å². The first-order valence-corrected chi connectivity index (χ1v) is 10.1. The Hall–Kier alpha value is -2.90. The van der Waals surface area contributed by atoms with Crippen LogP contribution in [0.5, 0.6) is 5.75 Å². The number of carbonyl (C=O) groups excluding carboxylic acids is 2. The second kappa shape index (κ2) is 8.45. The van der Waals surface area contributed by atoms with Gasteiger partial charge in [0, 0.05) is 26.1 Å². The first-order valence-electron chi connectivity index (χ1n) is 10.1. The highest BCUT2D eigenvalue weighted by Crippen LogP contribution is 2.30. The summed E-state index contributed by atoms with van der Waals surface area (Å²) in [7, 11) is 1.90. The van der Waals surface area contributed by atoms with Crippen molar-refractivity contribution in [3.05, 3.63) is 65.2 Å². The third-order valence-electron chi connectivity index (χ3n) is 5.45. The lowest BCUT2D eigenvalue weighted by Crippen LogP contribution is -2.63. The van der Waals surface area contributed by atoms with E-state index in [9.17, 15) is 9.59 Å². The van der Waals surface area contributed by atoms with E-state index in [2.05, 4.69) is 25.1 Å². The number of aryl methyl sites for hydroxylation is 1. The van der Waals surface area contributed by atoms with Gasteiger partial charge < -0.3 is 14.2 Å². The Morgan fingerprint density at radius 1 is 1.03 bits per heavy atom. The van der Waals surface area contributed by atoms with E-state index in [4.69, 9.17) is 14.2 Å². The topological polar surface area (TPSA) is 68.3 Å². The Morgan fingerprint density at radius 2 is 1.77 bits per heavy atom. The lowest BCUT2D eigenvalue weighted by molar-refractivity contribution is -0.270. The number of hydrogen-bond donors (Lipinski definition) is 0.